The average molecular weight is 510 g/mol. The number of hydrogen-bond donors (Lipinski definition) is 3. The van der Waals surface area contributed by atoms with Gasteiger partial charge in [-0.3, -0.25) is 4.90 Å². The SMILES string of the molecule is CN(C)C1(c2cc(-c3ccc(NC(=O)Nc4cccc(C(F)(F)F)c4)cc3)c3c(N)nn(C)c3n2)CC1. The number of nitrogen functional groups attached to an aromatic ring is 1. The summed E-state index contributed by atoms with van der Waals surface area (Å²) in [5.41, 5.74) is 9.20. The molecule has 2 aromatic heterocycles. The highest BCUT2D eigenvalue weighted by Gasteiger charge is 2.48. The van der Waals surface area contributed by atoms with Crippen molar-refractivity contribution >= 4 is 34.3 Å². The molecule has 2 amide bonds. The summed E-state index contributed by atoms with van der Waals surface area (Å²) in [6.07, 6.45) is -2.48. The Kier molecular flexibility index (Phi) is 5.82. The first-order valence-corrected chi connectivity index (χ1v) is 11.6. The molecular weight excluding hydrogens is 483 g/mol. The van der Waals surface area contributed by atoms with Crippen LogP contribution >= 0.6 is 0 Å². The molecule has 0 atom stereocenters. The van der Waals surface area contributed by atoms with Crippen molar-refractivity contribution in [1.29, 1.82) is 0 Å². The average Bonchev–Trinajstić information content (AvgIpc) is 3.60. The first kappa shape index (κ1) is 24.6. The van der Waals surface area contributed by atoms with Crippen molar-refractivity contribution < 1.29 is 18.0 Å². The summed E-state index contributed by atoms with van der Waals surface area (Å²) in [6, 6.07) is 13.0. The Labute approximate surface area is 211 Å². The number of aromatic nitrogens is 3. The summed E-state index contributed by atoms with van der Waals surface area (Å²) in [5, 5.41) is 10.2. The van der Waals surface area contributed by atoms with Gasteiger partial charge in [-0.25, -0.2) is 14.5 Å². The molecule has 0 bridgehead atoms. The molecule has 11 heteroatoms. The summed E-state index contributed by atoms with van der Waals surface area (Å²) < 4.78 is 40.5. The van der Waals surface area contributed by atoms with E-state index in [2.05, 4.69) is 26.7 Å². The number of urea groups is 1. The second kappa shape index (κ2) is 8.77. The molecule has 0 spiro atoms. The van der Waals surface area contributed by atoms with E-state index in [1.54, 1.807) is 16.8 Å². The molecular formula is C26H26F3N7O. The molecule has 0 unspecified atom stereocenters. The van der Waals surface area contributed by atoms with E-state index in [0.29, 0.717) is 17.2 Å². The number of carbonyl (C=O) groups excluding carboxylic acids is 1. The maximum absolute atomic E-state index is 12.9. The van der Waals surface area contributed by atoms with Crippen LogP contribution in [0.15, 0.2) is 54.6 Å². The molecule has 4 aromatic rings. The van der Waals surface area contributed by atoms with Crippen LogP contribution < -0.4 is 16.4 Å². The van der Waals surface area contributed by atoms with Gasteiger partial charge in [0.2, 0.25) is 0 Å². The molecule has 1 aliphatic carbocycles. The number of nitrogens with one attached hydrogen (secondary N) is 2. The summed E-state index contributed by atoms with van der Waals surface area (Å²) in [4.78, 5) is 19.5. The second-order valence-electron chi connectivity index (χ2n) is 9.42. The zero-order chi connectivity index (χ0) is 26.5. The fourth-order valence-corrected chi connectivity index (χ4v) is 4.59. The highest BCUT2D eigenvalue weighted by molar-refractivity contribution is 6.02. The summed E-state index contributed by atoms with van der Waals surface area (Å²) in [7, 11) is 5.90. The van der Waals surface area contributed by atoms with E-state index in [1.165, 1.54) is 12.1 Å². The van der Waals surface area contributed by atoms with Crippen molar-refractivity contribution in [2.75, 3.05) is 30.5 Å². The first-order chi connectivity index (χ1) is 17.5. The number of aryl methyl sites for hydroxylation is 1. The first-order valence-electron chi connectivity index (χ1n) is 11.6. The molecule has 2 heterocycles. The molecule has 1 saturated carbocycles. The highest BCUT2D eigenvalue weighted by Crippen LogP contribution is 2.50. The van der Waals surface area contributed by atoms with Crippen LogP contribution in [0.25, 0.3) is 22.2 Å². The Bertz CT molecular complexity index is 1490. The number of amides is 2. The minimum absolute atomic E-state index is 0.0394. The van der Waals surface area contributed by atoms with Crippen LogP contribution in [0.4, 0.5) is 35.2 Å². The summed E-state index contributed by atoms with van der Waals surface area (Å²) in [5.74, 6) is 0.379. The lowest BCUT2D eigenvalue weighted by molar-refractivity contribution is -0.137. The van der Waals surface area contributed by atoms with Crippen LogP contribution in [0.2, 0.25) is 0 Å². The van der Waals surface area contributed by atoms with Crippen molar-refractivity contribution in [2.24, 2.45) is 7.05 Å². The van der Waals surface area contributed by atoms with Gasteiger partial charge in [0, 0.05) is 18.4 Å². The third-order valence-corrected chi connectivity index (χ3v) is 6.78. The van der Waals surface area contributed by atoms with E-state index in [-0.39, 0.29) is 11.2 Å². The molecule has 0 aliphatic heterocycles. The zero-order valence-corrected chi connectivity index (χ0v) is 20.5. The molecule has 2 aromatic carbocycles. The topological polar surface area (TPSA) is 101 Å². The lowest BCUT2D eigenvalue weighted by atomic mass is 9.99. The van der Waals surface area contributed by atoms with Gasteiger partial charge >= 0.3 is 12.2 Å². The molecule has 0 radical (unpaired) electrons. The maximum atomic E-state index is 12.9. The van der Waals surface area contributed by atoms with Gasteiger partial charge in [0.05, 0.1) is 22.2 Å². The zero-order valence-electron chi connectivity index (χ0n) is 20.5. The number of hydrogen-bond acceptors (Lipinski definition) is 5. The second-order valence-corrected chi connectivity index (χ2v) is 9.42. The monoisotopic (exact) mass is 509 g/mol. The predicted octanol–water partition coefficient (Wildman–Crippen LogP) is 5.43. The van der Waals surface area contributed by atoms with Gasteiger partial charge in [-0.15, -0.1) is 0 Å². The number of anilines is 3. The smallest absolute Gasteiger partial charge is 0.382 e. The van der Waals surface area contributed by atoms with Gasteiger partial charge in [0.1, 0.15) is 0 Å². The Balaban J connectivity index is 1.41. The van der Waals surface area contributed by atoms with Crippen LogP contribution in [0.3, 0.4) is 0 Å². The van der Waals surface area contributed by atoms with Crippen LogP contribution in [-0.2, 0) is 18.8 Å². The number of carbonyl (C=O) groups is 1. The Hall–Kier alpha value is -4.12. The van der Waals surface area contributed by atoms with E-state index in [0.717, 1.165) is 47.2 Å². The van der Waals surface area contributed by atoms with E-state index in [1.807, 2.05) is 33.3 Å². The van der Waals surface area contributed by atoms with E-state index < -0.39 is 17.8 Å². The molecule has 4 N–H and O–H groups in total. The number of fused-ring (bicyclic) bond motifs is 1. The minimum atomic E-state index is -4.49. The molecule has 0 saturated heterocycles. The van der Waals surface area contributed by atoms with Gasteiger partial charge in [-0.1, -0.05) is 18.2 Å². The minimum Gasteiger partial charge on any atom is -0.382 e. The van der Waals surface area contributed by atoms with Crippen LogP contribution in [0.5, 0.6) is 0 Å². The highest BCUT2D eigenvalue weighted by atomic mass is 19.4. The predicted molar refractivity (Wildman–Crippen MR) is 137 cm³/mol. The van der Waals surface area contributed by atoms with Gasteiger partial charge in [-0.05, 0) is 74.5 Å². The summed E-state index contributed by atoms with van der Waals surface area (Å²) >= 11 is 0. The van der Waals surface area contributed by atoms with Crippen molar-refractivity contribution in [3.63, 3.8) is 0 Å². The fourth-order valence-electron chi connectivity index (χ4n) is 4.59. The van der Waals surface area contributed by atoms with Gasteiger partial charge in [0.25, 0.3) is 0 Å². The Morgan fingerprint density at radius 1 is 1.05 bits per heavy atom. The van der Waals surface area contributed by atoms with Gasteiger partial charge < -0.3 is 16.4 Å². The summed E-state index contributed by atoms with van der Waals surface area (Å²) in [6.45, 7) is 0. The third-order valence-electron chi connectivity index (χ3n) is 6.78. The fraction of sp³-hybridized carbons (Fsp3) is 0.269. The number of benzene rings is 2. The molecule has 5 rings (SSSR count). The Morgan fingerprint density at radius 2 is 1.73 bits per heavy atom. The van der Waals surface area contributed by atoms with E-state index >= 15 is 0 Å². The lowest BCUT2D eigenvalue weighted by Crippen LogP contribution is -2.28. The number of nitrogens with zero attached hydrogens (tertiary/aromatic N) is 4. The lowest BCUT2D eigenvalue weighted by Gasteiger charge is -2.24. The van der Waals surface area contributed by atoms with Crippen molar-refractivity contribution in [3.05, 3.63) is 65.9 Å². The number of halogens is 3. The number of alkyl halides is 3. The van der Waals surface area contributed by atoms with Gasteiger partial charge in [-0.2, -0.15) is 18.3 Å². The Morgan fingerprint density at radius 3 is 2.35 bits per heavy atom. The number of pyridine rings is 1. The van der Waals surface area contributed by atoms with Crippen LogP contribution in [0.1, 0.15) is 24.1 Å². The maximum Gasteiger partial charge on any atom is 0.416 e. The van der Waals surface area contributed by atoms with E-state index in [4.69, 9.17) is 10.7 Å². The quantitative estimate of drug-likeness (QED) is 0.333. The molecule has 1 fully saturated rings. The number of nitrogens with two attached hydrogens (primary N) is 1. The largest absolute Gasteiger partial charge is 0.416 e. The van der Waals surface area contributed by atoms with Crippen molar-refractivity contribution in [1.82, 2.24) is 19.7 Å². The molecule has 37 heavy (non-hydrogen) atoms. The van der Waals surface area contributed by atoms with Crippen molar-refractivity contribution in [3.8, 4) is 11.1 Å². The van der Waals surface area contributed by atoms with Crippen molar-refractivity contribution in [2.45, 2.75) is 24.6 Å². The standard InChI is InChI=1S/C26H26F3N7O/c1-35(2)25(11-12-25)20-14-19(21-22(30)34-36(3)23(21)33-20)15-7-9-17(10-8-15)31-24(37)32-18-6-4-5-16(13-18)26(27,28)29/h4-10,13-14H,11-12H2,1-3H3,(H2,30,34)(H2,31,32,37). The third kappa shape index (κ3) is 4.57. The molecule has 192 valence electrons. The van der Waals surface area contributed by atoms with Gasteiger partial charge in [0.15, 0.2) is 11.5 Å². The van der Waals surface area contributed by atoms with Crippen LogP contribution in [-0.4, -0.2) is 39.8 Å². The molecule has 8 nitrogen and oxygen atoms in total. The normalized spacial score (nSPS) is 14.7. The number of rotatable bonds is 5. The molecule has 1 aliphatic rings. The van der Waals surface area contributed by atoms with Crippen LogP contribution in [0, 0.1) is 0 Å². The van der Waals surface area contributed by atoms with E-state index in [9.17, 15) is 18.0 Å².